The Bertz CT molecular complexity index is 871. The molecule has 0 heterocycles. The minimum Gasteiger partial charge on any atom is -0.346 e. The summed E-state index contributed by atoms with van der Waals surface area (Å²) in [6.07, 6.45) is 1.03. The molecule has 2 aromatic carbocycles. The molecule has 0 aliphatic rings. The molecule has 6 heteroatoms. The van der Waals surface area contributed by atoms with E-state index in [-0.39, 0.29) is 16.8 Å². The van der Waals surface area contributed by atoms with Crippen LogP contribution in [0, 0.1) is 5.92 Å². The molecule has 0 aromatic heterocycles. The molecule has 1 N–H and O–H groups in total. The van der Waals surface area contributed by atoms with Gasteiger partial charge in [0, 0.05) is 19.7 Å². The van der Waals surface area contributed by atoms with E-state index in [9.17, 15) is 13.2 Å². The lowest BCUT2D eigenvalue weighted by Gasteiger charge is -2.16. The highest BCUT2D eigenvalue weighted by Gasteiger charge is 2.18. The maximum Gasteiger partial charge on any atom is 0.251 e. The van der Waals surface area contributed by atoms with Crippen LogP contribution in [-0.4, -0.2) is 32.7 Å². The molecule has 146 valence electrons. The van der Waals surface area contributed by atoms with Crippen LogP contribution in [0.2, 0.25) is 0 Å². The number of carbonyl (C=O) groups excluding carboxylic acids is 1. The van der Waals surface area contributed by atoms with Gasteiger partial charge in [0.15, 0.2) is 0 Å². The zero-order valence-electron chi connectivity index (χ0n) is 16.6. The average Bonchev–Trinajstić information content (AvgIpc) is 2.61. The first kappa shape index (κ1) is 21.1. The van der Waals surface area contributed by atoms with Crippen LogP contribution in [0.3, 0.4) is 0 Å². The fourth-order valence-corrected chi connectivity index (χ4v) is 3.67. The number of nitrogens with zero attached hydrogens (tertiary/aromatic N) is 1. The van der Waals surface area contributed by atoms with Gasteiger partial charge in [-0.05, 0) is 54.7 Å². The van der Waals surface area contributed by atoms with Crippen LogP contribution in [0.15, 0.2) is 53.4 Å². The second-order valence-electron chi connectivity index (χ2n) is 7.35. The Morgan fingerprint density at radius 3 is 2.00 bits per heavy atom. The monoisotopic (exact) mass is 388 g/mol. The van der Waals surface area contributed by atoms with E-state index >= 15 is 0 Å². The lowest BCUT2D eigenvalue weighted by molar-refractivity contribution is 0.0940. The molecule has 0 fully saturated rings. The third kappa shape index (κ3) is 5.40. The molecule has 1 unspecified atom stereocenters. The van der Waals surface area contributed by atoms with E-state index in [0.29, 0.717) is 11.5 Å². The van der Waals surface area contributed by atoms with Crippen molar-refractivity contribution in [3.8, 4) is 0 Å². The summed E-state index contributed by atoms with van der Waals surface area (Å²) in [5.41, 5.74) is 2.74. The fraction of sp³-hybridized carbons (Fsp3) is 0.381. The van der Waals surface area contributed by atoms with Gasteiger partial charge in [0.2, 0.25) is 10.0 Å². The molecule has 0 saturated heterocycles. The van der Waals surface area contributed by atoms with Crippen molar-refractivity contribution in [1.29, 1.82) is 0 Å². The molecule has 0 bridgehead atoms. The molecule has 5 nitrogen and oxygen atoms in total. The van der Waals surface area contributed by atoms with Crippen LogP contribution >= 0.6 is 0 Å². The summed E-state index contributed by atoms with van der Waals surface area (Å²) in [6.45, 7) is 6.30. The van der Waals surface area contributed by atoms with Gasteiger partial charge in [0.1, 0.15) is 0 Å². The Balaban J connectivity index is 2.06. The second kappa shape index (κ2) is 8.67. The number of hydrogen-bond acceptors (Lipinski definition) is 3. The normalized spacial score (nSPS) is 13.0. The maximum atomic E-state index is 12.5. The molecule has 0 aliphatic heterocycles. The van der Waals surface area contributed by atoms with Crippen LogP contribution < -0.4 is 5.32 Å². The first-order chi connectivity index (χ1) is 12.6. The largest absolute Gasteiger partial charge is 0.346 e. The molecule has 0 spiro atoms. The van der Waals surface area contributed by atoms with Crippen molar-refractivity contribution >= 4 is 15.9 Å². The second-order valence-corrected chi connectivity index (χ2v) is 9.50. The molecule has 0 aliphatic carbocycles. The predicted molar refractivity (Wildman–Crippen MR) is 108 cm³/mol. The average molecular weight is 389 g/mol. The van der Waals surface area contributed by atoms with E-state index in [1.54, 1.807) is 0 Å². The summed E-state index contributed by atoms with van der Waals surface area (Å²) in [5, 5.41) is 2.95. The van der Waals surface area contributed by atoms with Gasteiger partial charge in [-0.1, -0.05) is 38.1 Å². The third-order valence-electron chi connectivity index (χ3n) is 4.37. The summed E-state index contributed by atoms with van der Waals surface area (Å²) < 4.78 is 25.3. The number of hydrogen-bond donors (Lipinski definition) is 1. The van der Waals surface area contributed by atoms with E-state index in [4.69, 9.17) is 0 Å². The third-order valence-corrected chi connectivity index (χ3v) is 6.20. The van der Waals surface area contributed by atoms with Gasteiger partial charge < -0.3 is 5.32 Å². The quantitative estimate of drug-likeness (QED) is 0.788. The van der Waals surface area contributed by atoms with Crippen LogP contribution in [0.1, 0.15) is 48.3 Å². The summed E-state index contributed by atoms with van der Waals surface area (Å²) in [4.78, 5) is 12.6. The Labute approximate surface area is 162 Å². The van der Waals surface area contributed by atoms with Crippen LogP contribution in [0.25, 0.3) is 0 Å². The van der Waals surface area contributed by atoms with Crippen molar-refractivity contribution in [2.45, 2.75) is 38.1 Å². The van der Waals surface area contributed by atoms with Crippen molar-refractivity contribution in [3.05, 3.63) is 65.2 Å². The Hall–Kier alpha value is -2.18. The highest BCUT2D eigenvalue weighted by Crippen LogP contribution is 2.17. The van der Waals surface area contributed by atoms with Crippen LogP contribution in [0.4, 0.5) is 0 Å². The number of rotatable bonds is 7. The van der Waals surface area contributed by atoms with E-state index in [1.807, 2.05) is 19.1 Å². The lowest BCUT2D eigenvalue weighted by atomic mass is 10.00. The van der Waals surface area contributed by atoms with Crippen molar-refractivity contribution in [2.75, 3.05) is 14.1 Å². The van der Waals surface area contributed by atoms with Crippen molar-refractivity contribution in [2.24, 2.45) is 5.92 Å². The van der Waals surface area contributed by atoms with Gasteiger partial charge in [-0.3, -0.25) is 4.79 Å². The number of amides is 1. The maximum absolute atomic E-state index is 12.5. The zero-order valence-corrected chi connectivity index (χ0v) is 17.4. The highest BCUT2D eigenvalue weighted by molar-refractivity contribution is 7.89. The minimum absolute atomic E-state index is 0.143. The number of sulfonamides is 1. The smallest absolute Gasteiger partial charge is 0.251 e. The van der Waals surface area contributed by atoms with Crippen molar-refractivity contribution in [3.63, 3.8) is 0 Å². The summed E-state index contributed by atoms with van der Waals surface area (Å²) in [6, 6.07) is 14.1. The van der Waals surface area contributed by atoms with E-state index in [0.717, 1.165) is 16.3 Å². The van der Waals surface area contributed by atoms with Crippen LogP contribution in [0.5, 0.6) is 0 Å². The minimum atomic E-state index is -3.50. The van der Waals surface area contributed by atoms with Gasteiger partial charge in [-0.2, -0.15) is 0 Å². The highest BCUT2D eigenvalue weighted by atomic mass is 32.2. The first-order valence-electron chi connectivity index (χ1n) is 9.03. The summed E-state index contributed by atoms with van der Waals surface area (Å²) >= 11 is 0. The molecule has 2 aromatic rings. The Kier molecular flexibility index (Phi) is 6.78. The van der Waals surface area contributed by atoms with Gasteiger partial charge in [-0.25, -0.2) is 12.7 Å². The van der Waals surface area contributed by atoms with E-state index in [1.165, 1.54) is 43.9 Å². The molecule has 0 saturated carbocycles. The Morgan fingerprint density at radius 1 is 0.963 bits per heavy atom. The standard InChI is InChI=1S/C21H28N2O3S/c1-15(2)14-17-6-8-18(9-7-17)16(3)22-21(24)19-10-12-20(13-11-19)27(25,26)23(4)5/h6-13,15-16H,14H2,1-5H3,(H,22,24). The number of benzene rings is 2. The van der Waals surface area contributed by atoms with Gasteiger partial charge in [-0.15, -0.1) is 0 Å². The summed E-state index contributed by atoms with van der Waals surface area (Å²) in [7, 11) is -0.544. The zero-order chi connectivity index (χ0) is 20.2. The number of carbonyl (C=O) groups is 1. The lowest BCUT2D eigenvalue weighted by Crippen LogP contribution is -2.27. The molecule has 1 atom stereocenters. The van der Waals surface area contributed by atoms with Gasteiger partial charge >= 0.3 is 0 Å². The van der Waals surface area contributed by atoms with Crippen LogP contribution in [-0.2, 0) is 16.4 Å². The number of nitrogens with one attached hydrogen (secondary N) is 1. The Morgan fingerprint density at radius 2 is 1.52 bits per heavy atom. The molecule has 27 heavy (non-hydrogen) atoms. The van der Waals surface area contributed by atoms with E-state index < -0.39 is 10.0 Å². The topological polar surface area (TPSA) is 66.5 Å². The summed E-state index contributed by atoms with van der Waals surface area (Å²) in [5.74, 6) is 0.370. The predicted octanol–water partition coefficient (Wildman–Crippen LogP) is 3.63. The van der Waals surface area contributed by atoms with E-state index in [2.05, 4.69) is 31.3 Å². The van der Waals surface area contributed by atoms with Gasteiger partial charge in [0.05, 0.1) is 10.9 Å². The molecular formula is C21H28N2O3S. The van der Waals surface area contributed by atoms with Gasteiger partial charge in [0.25, 0.3) is 5.91 Å². The molecule has 1 amide bonds. The first-order valence-corrected chi connectivity index (χ1v) is 10.5. The molecule has 0 radical (unpaired) electrons. The van der Waals surface area contributed by atoms with Crippen molar-refractivity contribution in [1.82, 2.24) is 9.62 Å². The molecule has 2 rings (SSSR count). The van der Waals surface area contributed by atoms with Crippen molar-refractivity contribution < 1.29 is 13.2 Å². The fourth-order valence-electron chi connectivity index (χ4n) is 2.77. The molecular weight excluding hydrogens is 360 g/mol. The SMILES string of the molecule is CC(C)Cc1ccc(C(C)NC(=O)c2ccc(S(=O)(=O)N(C)C)cc2)cc1.